The van der Waals surface area contributed by atoms with Crippen LogP contribution in [-0.2, 0) is 0 Å². The third kappa shape index (κ3) is 3.45. The molecule has 1 heterocycles. The zero-order chi connectivity index (χ0) is 16.9. The van der Waals surface area contributed by atoms with E-state index in [4.69, 9.17) is 4.74 Å². The molecule has 0 N–H and O–H groups in total. The van der Waals surface area contributed by atoms with E-state index in [-0.39, 0.29) is 6.03 Å². The quantitative estimate of drug-likeness (QED) is 0.846. The van der Waals surface area contributed by atoms with Crippen LogP contribution in [0, 0.1) is 0 Å². The first kappa shape index (κ1) is 16.6. The summed E-state index contributed by atoms with van der Waals surface area (Å²) in [7, 11) is 1.65. The van der Waals surface area contributed by atoms with Gasteiger partial charge in [-0.05, 0) is 44.0 Å². The van der Waals surface area contributed by atoms with Crippen LogP contribution in [-0.4, -0.2) is 40.2 Å². The van der Waals surface area contributed by atoms with Crippen molar-refractivity contribution in [1.29, 1.82) is 0 Å². The molecule has 0 saturated heterocycles. The fourth-order valence-corrected chi connectivity index (χ4v) is 3.43. The minimum atomic E-state index is 0.0247. The molecule has 1 aliphatic carbocycles. The summed E-state index contributed by atoms with van der Waals surface area (Å²) in [6.07, 6.45) is 9.38. The highest BCUT2D eigenvalue weighted by atomic mass is 16.5. The molecule has 24 heavy (non-hydrogen) atoms. The van der Waals surface area contributed by atoms with Crippen LogP contribution >= 0.6 is 0 Å². The lowest BCUT2D eigenvalue weighted by Gasteiger charge is -2.33. The summed E-state index contributed by atoms with van der Waals surface area (Å²) in [5.74, 6) is 0.809. The van der Waals surface area contributed by atoms with Crippen molar-refractivity contribution in [2.75, 3.05) is 13.7 Å². The van der Waals surface area contributed by atoms with E-state index in [0.717, 1.165) is 36.4 Å². The SMILES string of the molecule is CCN(C(=O)n1cnc(-c2ccc(OC)cc2)c1)C1CCCCC1. The van der Waals surface area contributed by atoms with Crippen molar-refractivity contribution in [1.82, 2.24) is 14.5 Å². The molecule has 5 heteroatoms. The Bertz CT molecular complexity index is 672. The van der Waals surface area contributed by atoms with Crippen molar-refractivity contribution in [3.05, 3.63) is 36.8 Å². The normalized spacial score (nSPS) is 15.2. The van der Waals surface area contributed by atoms with Gasteiger partial charge in [-0.3, -0.25) is 4.57 Å². The van der Waals surface area contributed by atoms with E-state index in [9.17, 15) is 4.79 Å². The Morgan fingerprint density at radius 1 is 1.25 bits per heavy atom. The molecule has 0 spiro atoms. The van der Waals surface area contributed by atoms with Crippen molar-refractivity contribution in [3.8, 4) is 17.0 Å². The summed E-state index contributed by atoms with van der Waals surface area (Å²) >= 11 is 0. The molecule has 1 fully saturated rings. The van der Waals surface area contributed by atoms with Crippen molar-refractivity contribution in [3.63, 3.8) is 0 Å². The number of hydrogen-bond acceptors (Lipinski definition) is 3. The van der Waals surface area contributed by atoms with E-state index < -0.39 is 0 Å². The first-order valence-corrected chi connectivity index (χ1v) is 8.72. The van der Waals surface area contributed by atoms with Crippen LogP contribution < -0.4 is 4.74 Å². The highest BCUT2D eigenvalue weighted by Crippen LogP contribution is 2.24. The average Bonchev–Trinajstić information content (AvgIpc) is 3.13. The summed E-state index contributed by atoms with van der Waals surface area (Å²) in [6.45, 7) is 2.79. The summed E-state index contributed by atoms with van der Waals surface area (Å²) in [6, 6.07) is 8.09. The average molecular weight is 327 g/mol. The number of hydrogen-bond donors (Lipinski definition) is 0. The van der Waals surface area contributed by atoms with E-state index in [2.05, 4.69) is 4.98 Å². The van der Waals surface area contributed by atoms with Gasteiger partial charge in [-0.1, -0.05) is 19.3 Å². The molecule has 5 nitrogen and oxygen atoms in total. The lowest BCUT2D eigenvalue weighted by molar-refractivity contribution is 0.161. The molecule has 1 saturated carbocycles. The Balaban J connectivity index is 1.76. The number of nitrogens with zero attached hydrogens (tertiary/aromatic N) is 3. The third-order valence-electron chi connectivity index (χ3n) is 4.79. The third-order valence-corrected chi connectivity index (χ3v) is 4.79. The maximum atomic E-state index is 12.8. The summed E-state index contributed by atoms with van der Waals surface area (Å²) in [5, 5.41) is 0. The number of carbonyl (C=O) groups excluding carboxylic acids is 1. The number of rotatable bonds is 4. The van der Waals surface area contributed by atoms with Crippen LogP contribution in [0.4, 0.5) is 4.79 Å². The Morgan fingerprint density at radius 3 is 2.58 bits per heavy atom. The molecule has 3 rings (SSSR count). The lowest BCUT2D eigenvalue weighted by atomic mass is 9.94. The van der Waals surface area contributed by atoms with Crippen LogP contribution in [0.5, 0.6) is 5.75 Å². The summed E-state index contributed by atoms with van der Waals surface area (Å²) in [5.41, 5.74) is 1.77. The minimum Gasteiger partial charge on any atom is -0.497 e. The van der Waals surface area contributed by atoms with Crippen molar-refractivity contribution in [2.45, 2.75) is 45.1 Å². The Morgan fingerprint density at radius 2 is 1.96 bits per heavy atom. The molecule has 1 amide bonds. The van der Waals surface area contributed by atoms with E-state index >= 15 is 0 Å². The maximum Gasteiger partial charge on any atom is 0.329 e. The number of methoxy groups -OCH3 is 1. The molecule has 128 valence electrons. The van der Waals surface area contributed by atoms with Crippen LogP contribution in [0.2, 0.25) is 0 Å². The molecular weight excluding hydrogens is 302 g/mol. The molecule has 0 aliphatic heterocycles. The number of benzene rings is 1. The highest BCUT2D eigenvalue weighted by molar-refractivity contribution is 5.78. The molecule has 0 atom stereocenters. The Hall–Kier alpha value is -2.30. The number of ether oxygens (including phenoxy) is 1. The number of carbonyl (C=O) groups is 1. The van der Waals surface area contributed by atoms with Crippen molar-refractivity contribution >= 4 is 6.03 Å². The summed E-state index contributed by atoms with van der Waals surface area (Å²) < 4.78 is 6.78. The summed E-state index contributed by atoms with van der Waals surface area (Å²) in [4.78, 5) is 19.2. The predicted octanol–water partition coefficient (Wildman–Crippen LogP) is 4.18. The van der Waals surface area contributed by atoms with Gasteiger partial charge in [0, 0.05) is 24.3 Å². The number of aromatic nitrogens is 2. The second-order valence-electron chi connectivity index (χ2n) is 6.26. The monoisotopic (exact) mass is 327 g/mol. The maximum absolute atomic E-state index is 12.8. The van der Waals surface area contributed by atoms with Gasteiger partial charge in [0.2, 0.25) is 0 Å². The van der Waals surface area contributed by atoms with Crippen molar-refractivity contribution < 1.29 is 9.53 Å². The first-order chi connectivity index (χ1) is 11.7. The van der Waals surface area contributed by atoms with E-state index in [1.165, 1.54) is 19.3 Å². The minimum absolute atomic E-state index is 0.0247. The van der Waals surface area contributed by atoms with Gasteiger partial charge in [0.1, 0.15) is 12.1 Å². The van der Waals surface area contributed by atoms with Gasteiger partial charge < -0.3 is 9.64 Å². The van der Waals surface area contributed by atoms with E-state index in [1.54, 1.807) is 18.0 Å². The van der Waals surface area contributed by atoms with Gasteiger partial charge >= 0.3 is 6.03 Å². The molecule has 0 radical (unpaired) electrons. The molecule has 1 aliphatic rings. The Kier molecular flexibility index (Phi) is 5.18. The van der Waals surface area contributed by atoms with Crippen LogP contribution in [0.3, 0.4) is 0 Å². The molecule has 1 aromatic heterocycles. The second kappa shape index (κ2) is 7.51. The van der Waals surface area contributed by atoms with Gasteiger partial charge in [0.25, 0.3) is 0 Å². The van der Waals surface area contributed by atoms with Crippen LogP contribution in [0.25, 0.3) is 11.3 Å². The number of imidazole rings is 1. The van der Waals surface area contributed by atoms with Gasteiger partial charge in [-0.25, -0.2) is 9.78 Å². The van der Waals surface area contributed by atoms with Gasteiger partial charge in [0.15, 0.2) is 0 Å². The van der Waals surface area contributed by atoms with E-state index in [0.29, 0.717) is 6.04 Å². The van der Waals surface area contributed by atoms with Crippen molar-refractivity contribution in [2.24, 2.45) is 0 Å². The Labute approximate surface area is 143 Å². The number of amides is 1. The zero-order valence-corrected chi connectivity index (χ0v) is 14.4. The fraction of sp³-hybridized carbons (Fsp3) is 0.474. The predicted molar refractivity (Wildman–Crippen MR) is 94.3 cm³/mol. The lowest BCUT2D eigenvalue weighted by Crippen LogP contribution is -2.43. The molecule has 1 aromatic carbocycles. The standard InChI is InChI=1S/C19H25N3O2/c1-3-22(16-7-5-4-6-8-16)19(23)21-13-18(20-14-21)15-9-11-17(24-2)12-10-15/h9-14,16H,3-8H2,1-2H3. The van der Waals surface area contributed by atoms with Gasteiger partial charge in [0.05, 0.1) is 12.8 Å². The van der Waals surface area contributed by atoms with Crippen LogP contribution in [0.1, 0.15) is 39.0 Å². The van der Waals surface area contributed by atoms with Gasteiger partial charge in [-0.2, -0.15) is 0 Å². The fourth-order valence-electron chi connectivity index (χ4n) is 3.43. The molecular formula is C19H25N3O2. The first-order valence-electron chi connectivity index (χ1n) is 8.72. The van der Waals surface area contributed by atoms with Crippen LogP contribution in [0.15, 0.2) is 36.8 Å². The highest BCUT2D eigenvalue weighted by Gasteiger charge is 2.25. The topological polar surface area (TPSA) is 47.4 Å². The largest absolute Gasteiger partial charge is 0.497 e. The zero-order valence-electron chi connectivity index (χ0n) is 14.4. The van der Waals surface area contributed by atoms with Gasteiger partial charge in [-0.15, -0.1) is 0 Å². The smallest absolute Gasteiger partial charge is 0.329 e. The second-order valence-corrected chi connectivity index (χ2v) is 6.26. The molecule has 2 aromatic rings. The molecule has 0 bridgehead atoms. The van der Waals surface area contributed by atoms with E-state index in [1.807, 2.05) is 42.3 Å². The molecule has 0 unspecified atom stereocenters.